The van der Waals surface area contributed by atoms with E-state index in [0.29, 0.717) is 36.9 Å². The summed E-state index contributed by atoms with van der Waals surface area (Å²) >= 11 is 0. The number of nitrogens with zero attached hydrogens (tertiary/aromatic N) is 4. The van der Waals surface area contributed by atoms with E-state index >= 15 is 0 Å². The maximum absolute atomic E-state index is 13.2. The molecule has 0 spiro atoms. The van der Waals surface area contributed by atoms with Gasteiger partial charge in [-0.15, -0.1) is 0 Å². The van der Waals surface area contributed by atoms with Gasteiger partial charge in [-0.1, -0.05) is 6.92 Å². The van der Waals surface area contributed by atoms with Gasteiger partial charge in [-0.3, -0.25) is 9.78 Å². The normalized spacial score (nSPS) is 21.0. The summed E-state index contributed by atoms with van der Waals surface area (Å²) in [7, 11) is 0. The number of Topliss-reactive ketones (excluding diaryl/α,β-unsaturated/α-hetero) is 1. The number of fused-ring (bicyclic) bond motifs is 1. The molecule has 168 valence electrons. The van der Waals surface area contributed by atoms with Crippen LogP contribution in [0.25, 0.3) is 11.0 Å². The molecule has 3 aromatic heterocycles. The third kappa shape index (κ3) is 4.35. The van der Waals surface area contributed by atoms with Crippen molar-refractivity contribution in [2.75, 3.05) is 30.3 Å². The number of hydrogen-bond acceptors (Lipinski definition) is 9. The molecule has 3 aromatic rings. The first-order chi connectivity index (χ1) is 15.4. The Balaban J connectivity index is 1.62. The van der Waals surface area contributed by atoms with Crippen LogP contribution in [-0.2, 0) is 6.42 Å². The molecule has 0 amide bonds. The van der Waals surface area contributed by atoms with Crippen LogP contribution in [0.15, 0.2) is 36.7 Å². The number of hydrogen-bond donors (Lipinski definition) is 3. The number of aliphatic hydroxyl groups excluding tert-OH is 1. The lowest BCUT2D eigenvalue weighted by Crippen LogP contribution is -2.55. The van der Waals surface area contributed by atoms with Crippen LogP contribution < -0.4 is 21.1 Å². The summed E-state index contributed by atoms with van der Waals surface area (Å²) in [6, 6.07) is 6.78. The molecule has 0 aromatic carbocycles. The molecule has 1 fully saturated rings. The Labute approximate surface area is 186 Å². The van der Waals surface area contributed by atoms with Gasteiger partial charge in [0.2, 0.25) is 5.88 Å². The van der Waals surface area contributed by atoms with Crippen molar-refractivity contribution in [3.8, 4) is 5.88 Å². The molecule has 4 heterocycles. The van der Waals surface area contributed by atoms with E-state index in [9.17, 15) is 9.90 Å². The highest BCUT2D eigenvalue weighted by Gasteiger charge is 2.32. The molecule has 1 aliphatic heterocycles. The van der Waals surface area contributed by atoms with Gasteiger partial charge in [0.15, 0.2) is 11.4 Å². The van der Waals surface area contributed by atoms with E-state index in [0.717, 1.165) is 16.6 Å². The fraction of sp³-hybridized carbons (Fsp3) is 0.391. The molecule has 0 radical (unpaired) electrons. The van der Waals surface area contributed by atoms with Crippen molar-refractivity contribution >= 4 is 28.2 Å². The summed E-state index contributed by atoms with van der Waals surface area (Å²) in [5.41, 5.74) is 14.8. The van der Waals surface area contributed by atoms with Gasteiger partial charge in [-0.05, 0) is 25.1 Å². The first-order valence-corrected chi connectivity index (χ1v) is 10.7. The van der Waals surface area contributed by atoms with Gasteiger partial charge in [0.25, 0.3) is 0 Å². The standard InChI is InChI=1S/C23H28N6O3/c1-3-32-20-5-4-14-8-16(24)21(28-23(14)27-20)19(30)9-15-10-26-7-6-18(15)29-11-13(2)22(31)17(25)12-29/h4-8,10,13,17,22,31H,3,9,11-12,24-25H2,1-2H3/t13-,17+,22+/m0/s1. The number of carbonyl (C=O) groups is 1. The molecule has 4 rings (SSSR count). The summed E-state index contributed by atoms with van der Waals surface area (Å²) in [4.78, 5) is 28.3. The van der Waals surface area contributed by atoms with Crippen molar-refractivity contribution < 1.29 is 14.6 Å². The highest BCUT2D eigenvalue weighted by atomic mass is 16.5. The Bertz CT molecular complexity index is 1130. The fourth-order valence-corrected chi connectivity index (χ4v) is 4.13. The zero-order chi connectivity index (χ0) is 22.8. The van der Waals surface area contributed by atoms with Crippen molar-refractivity contribution in [2.24, 2.45) is 11.7 Å². The molecule has 3 atom stereocenters. The summed E-state index contributed by atoms with van der Waals surface area (Å²) in [6.45, 7) is 5.46. The minimum Gasteiger partial charge on any atom is -0.478 e. The first kappa shape index (κ1) is 21.9. The minimum absolute atomic E-state index is 0.0128. The van der Waals surface area contributed by atoms with Crippen LogP contribution in [0.2, 0.25) is 0 Å². The van der Waals surface area contributed by atoms with E-state index in [2.05, 4.69) is 19.9 Å². The predicted octanol–water partition coefficient (Wildman–Crippen LogP) is 1.58. The van der Waals surface area contributed by atoms with Gasteiger partial charge in [-0.25, -0.2) is 4.98 Å². The maximum atomic E-state index is 13.2. The summed E-state index contributed by atoms with van der Waals surface area (Å²) in [5, 5.41) is 10.9. The maximum Gasteiger partial charge on any atom is 0.215 e. The van der Waals surface area contributed by atoms with Crippen molar-refractivity contribution in [1.82, 2.24) is 15.0 Å². The first-order valence-electron chi connectivity index (χ1n) is 10.7. The molecule has 0 unspecified atom stereocenters. The molecular formula is C23H28N6O3. The predicted molar refractivity (Wildman–Crippen MR) is 123 cm³/mol. The second-order valence-electron chi connectivity index (χ2n) is 8.20. The molecule has 5 N–H and O–H groups in total. The van der Waals surface area contributed by atoms with Gasteiger partial charge >= 0.3 is 0 Å². The second-order valence-corrected chi connectivity index (χ2v) is 8.20. The SMILES string of the molecule is CCOc1ccc2cc(N)c(C(=O)Cc3cnccc3N3C[C@@H](N)[C@H](O)[C@@H](C)C3)nc2n1. The molecule has 32 heavy (non-hydrogen) atoms. The number of ketones is 1. The smallest absolute Gasteiger partial charge is 0.215 e. The van der Waals surface area contributed by atoms with E-state index < -0.39 is 6.10 Å². The van der Waals surface area contributed by atoms with Crippen LogP contribution in [0, 0.1) is 5.92 Å². The van der Waals surface area contributed by atoms with Crippen LogP contribution in [0.3, 0.4) is 0 Å². The Morgan fingerprint density at radius 3 is 2.84 bits per heavy atom. The Morgan fingerprint density at radius 1 is 1.28 bits per heavy atom. The Kier molecular flexibility index (Phi) is 6.20. The second kappa shape index (κ2) is 9.05. The number of anilines is 2. The topological polar surface area (TPSA) is 140 Å². The number of pyridine rings is 3. The van der Waals surface area contributed by atoms with E-state index in [1.54, 1.807) is 24.5 Å². The van der Waals surface area contributed by atoms with Gasteiger partial charge < -0.3 is 26.2 Å². The number of nitrogen functional groups attached to an aromatic ring is 1. The lowest BCUT2D eigenvalue weighted by Gasteiger charge is -2.40. The van der Waals surface area contributed by atoms with Crippen LogP contribution in [0.4, 0.5) is 11.4 Å². The van der Waals surface area contributed by atoms with Crippen LogP contribution in [0.1, 0.15) is 29.9 Å². The molecule has 0 bridgehead atoms. The summed E-state index contributed by atoms with van der Waals surface area (Å²) < 4.78 is 5.44. The minimum atomic E-state index is -0.547. The largest absolute Gasteiger partial charge is 0.478 e. The Morgan fingerprint density at radius 2 is 2.09 bits per heavy atom. The van der Waals surface area contributed by atoms with Crippen molar-refractivity contribution in [3.63, 3.8) is 0 Å². The van der Waals surface area contributed by atoms with Gasteiger partial charge in [-0.2, -0.15) is 4.98 Å². The highest BCUT2D eigenvalue weighted by Crippen LogP contribution is 2.28. The average molecular weight is 437 g/mol. The average Bonchev–Trinajstić information content (AvgIpc) is 2.77. The molecule has 0 saturated carbocycles. The fourth-order valence-electron chi connectivity index (χ4n) is 4.13. The van der Waals surface area contributed by atoms with Crippen LogP contribution in [-0.4, -0.2) is 57.7 Å². The van der Waals surface area contributed by atoms with Crippen LogP contribution in [0.5, 0.6) is 5.88 Å². The van der Waals surface area contributed by atoms with Gasteiger partial charge in [0.1, 0.15) is 5.69 Å². The molecule has 9 nitrogen and oxygen atoms in total. The van der Waals surface area contributed by atoms with Gasteiger partial charge in [0.05, 0.1) is 18.4 Å². The van der Waals surface area contributed by atoms with Crippen molar-refractivity contribution in [2.45, 2.75) is 32.4 Å². The number of carbonyl (C=O) groups excluding carboxylic acids is 1. The quantitative estimate of drug-likeness (QED) is 0.491. The molecule has 9 heteroatoms. The van der Waals surface area contributed by atoms with E-state index in [4.69, 9.17) is 16.2 Å². The zero-order valence-electron chi connectivity index (χ0n) is 18.2. The summed E-state index contributed by atoms with van der Waals surface area (Å²) in [6.07, 6.45) is 2.90. The van der Waals surface area contributed by atoms with E-state index in [1.165, 1.54) is 0 Å². The molecular weight excluding hydrogens is 408 g/mol. The van der Waals surface area contributed by atoms with Crippen molar-refractivity contribution in [3.05, 3.63) is 47.9 Å². The molecule has 1 aliphatic rings. The zero-order valence-corrected chi connectivity index (χ0v) is 18.2. The summed E-state index contributed by atoms with van der Waals surface area (Å²) in [5.74, 6) is 0.235. The lowest BCUT2D eigenvalue weighted by molar-refractivity contribution is 0.0784. The number of rotatable bonds is 6. The van der Waals surface area contributed by atoms with E-state index in [-0.39, 0.29) is 29.9 Å². The highest BCUT2D eigenvalue weighted by molar-refractivity contribution is 6.02. The van der Waals surface area contributed by atoms with E-state index in [1.807, 2.05) is 26.0 Å². The number of nitrogens with two attached hydrogens (primary N) is 2. The number of aliphatic hydroxyl groups is 1. The van der Waals surface area contributed by atoms with Crippen molar-refractivity contribution in [1.29, 1.82) is 0 Å². The number of ether oxygens (including phenoxy) is 1. The number of piperidine rings is 1. The third-order valence-electron chi connectivity index (χ3n) is 5.77. The van der Waals surface area contributed by atoms with Crippen LogP contribution >= 0.6 is 0 Å². The Hall–Kier alpha value is -3.30. The lowest BCUT2D eigenvalue weighted by atomic mass is 9.92. The third-order valence-corrected chi connectivity index (χ3v) is 5.77. The monoisotopic (exact) mass is 436 g/mol. The number of aromatic nitrogens is 3. The molecule has 0 aliphatic carbocycles. The van der Waals surface area contributed by atoms with Gasteiger partial charge in [0, 0.05) is 66.6 Å². The molecule has 1 saturated heterocycles.